The quantitative estimate of drug-likeness (QED) is 0.452. The van der Waals surface area contributed by atoms with Crippen molar-refractivity contribution >= 4 is 11.4 Å². The zero-order valence-electron chi connectivity index (χ0n) is 4.91. The topological polar surface area (TPSA) is 24.7 Å². The number of hydrogen-bond donors (Lipinski definition) is 0. The number of aliphatic imine (C=N–C) groups is 2. The Morgan fingerprint density at radius 1 is 1.22 bits per heavy atom. The lowest BCUT2D eigenvalue weighted by atomic mass is 10.2. The molecule has 0 aromatic rings. The minimum atomic E-state index is 0.804. The van der Waals surface area contributed by atoms with Crippen molar-refractivity contribution in [3.05, 3.63) is 24.4 Å². The molecule has 0 saturated carbocycles. The number of allylic oxidation sites excluding steroid dienone is 2. The zero-order chi connectivity index (χ0) is 6.10. The predicted octanol–water partition coefficient (Wildman–Crippen LogP) is 0.965. The summed E-state index contributed by atoms with van der Waals surface area (Å²) in [5.41, 5.74) is 2.03. The van der Waals surface area contributed by atoms with Gasteiger partial charge in [0.25, 0.3) is 0 Å². The smallest absolute Gasteiger partial charge is 0.0879 e. The molecule has 0 aromatic heterocycles. The largest absolute Gasteiger partial charge is 0.279 e. The maximum absolute atomic E-state index is 4.20. The van der Waals surface area contributed by atoms with Crippen molar-refractivity contribution in [1.82, 2.24) is 0 Å². The Hall–Kier alpha value is -1.18. The van der Waals surface area contributed by atoms with Crippen molar-refractivity contribution in [3.63, 3.8) is 0 Å². The summed E-state index contributed by atoms with van der Waals surface area (Å²) < 4.78 is 0. The molecule has 0 radical (unpaired) electrons. The summed E-state index contributed by atoms with van der Waals surface area (Å²) in [6.07, 6.45) is 7.72. The molecule has 0 aromatic carbocycles. The van der Waals surface area contributed by atoms with E-state index in [0.29, 0.717) is 0 Å². The summed E-state index contributed by atoms with van der Waals surface area (Å²) in [4.78, 5) is 8.28. The van der Waals surface area contributed by atoms with E-state index >= 15 is 0 Å². The minimum absolute atomic E-state index is 0.804. The first-order valence-electron chi connectivity index (χ1n) is 2.92. The third kappa shape index (κ3) is 0.633. The minimum Gasteiger partial charge on any atom is -0.279 e. The van der Waals surface area contributed by atoms with Crippen LogP contribution in [0, 0.1) is 0 Å². The number of rotatable bonds is 0. The van der Waals surface area contributed by atoms with Crippen LogP contribution in [0.3, 0.4) is 0 Å². The number of dihydropyridines is 1. The van der Waals surface area contributed by atoms with Crippen LogP contribution in [0.15, 0.2) is 34.4 Å². The Morgan fingerprint density at radius 2 is 2.22 bits per heavy atom. The average molecular weight is 118 g/mol. The van der Waals surface area contributed by atoms with E-state index in [1.807, 2.05) is 18.2 Å². The first kappa shape index (κ1) is 4.68. The molecular weight excluding hydrogens is 112 g/mol. The average Bonchev–Trinajstić information content (AvgIpc) is 2.33. The predicted molar refractivity (Wildman–Crippen MR) is 38.0 cm³/mol. The lowest BCUT2D eigenvalue weighted by molar-refractivity contribution is 1.25. The number of nitrogens with zero attached hydrogens (tertiary/aromatic N) is 2. The fourth-order valence-electron chi connectivity index (χ4n) is 0.917. The summed E-state index contributed by atoms with van der Waals surface area (Å²) >= 11 is 0. The molecular formula is C7H6N2. The highest BCUT2D eigenvalue weighted by Crippen LogP contribution is 2.03. The van der Waals surface area contributed by atoms with Crippen LogP contribution in [0.4, 0.5) is 0 Å². The summed E-state index contributed by atoms with van der Waals surface area (Å²) in [5, 5.41) is 0. The van der Waals surface area contributed by atoms with Crippen molar-refractivity contribution in [2.45, 2.75) is 0 Å². The van der Waals surface area contributed by atoms with Crippen LogP contribution in [-0.4, -0.2) is 18.0 Å². The first-order chi connectivity index (χ1) is 4.47. The zero-order valence-corrected chi connectivity index (χ0v) is 4.91. The second-order valence-electron chi connectivity index (χ2n) is 1.96. The van der Waals surface area contributed by atoms with E-state index in [2.05, 4.69) is 9.98 Å². The van der Waals surface area contributed by atoms with Crippen LogP contribution in [-0.2, 0) is 0 Å². The van der Waals surface area contributed by atoms with E-state index in [1.165, 1.54) is 0 Å². The van der Waals surface area contributed by atoms with Crippen molar-refractivity contribution in [2.24, 2.45) is 9.98 Å². The molecule has 2 rings (SSSR count). The van der Waals surface area contributed by atoms with Crippen molar-refractivity contribution in [2.75, 3.05) is 6.54 Å². The van der Waals surface area contributed by atoms with Crippen LogP contribution in [0.5, 0.6) is 0 Å². The van der Waals surface area contributed by atoms with Gasteiger partial charge in [-0.2, -0.15) is 0 Å². The fourth-order valence-corrected chi connectivity index (χ4v) is 0.917. The molecule has 2 aliphatic rings. The summed E-state index contributed by atoms with van der Waals surface area (Å²) in [6.45, 7) is 0.804. The monoisotopic (exact) mass is 118 g/mol. The van der Waals surface area contributed by atoms with E-state index in [0.717, 1.165) is 18.0 Å². The van der Waals surface area contributed by atoms with E-state index in [4.69, 9.17) is 0 Å². The van der Waals surface area contributed by atoms with E-state index in [1.54, 1.807) is 6.20 Å². The molecule has 0 unspecified atom stereocenters. The van der Waals surface area contributed by atoms with Crippen molar-refractivity contribution in [1.29, 1.82) is 0 Å². The molecule has 44 valence electrons. The van der Waals surface area contributed by atoms with Gasteiger partial charge in [0.2, 0.25) is 0 Å². The summed E-state index contributed by atoms with van der Waals surface area (Å²) in [7, 11) is 0. The first-order valence-corrected chi connectivity index (χ1v) is 2.92. The van der Waals surface area contributed by atoms with E-state index in [-0.39, 0.29) is 0 Å². The Morgan fingerprint density at radius 3 is 3.11 bits per heavy atom. The van der Waals surface area contributed by atoms with Gasteiger partial charge in [0.1, 0.15) is 0 Å². The Bertz CT molecular complexity index is 244. The van der Waals surface area contributed by atoms with Gasteiger partial charge < -0.3 is 0 Å². The molecule has 0 atom stereocenters. The lowest BCUT2D eigenvalue weighted by Crippen LogP contribution is -2.08. The molecule has 9 heavy (non-hydrogen) atoms. The standard InChI is InChI=1S/C7H6N2/c1-2-6-7(8-4-1)3-5-9-6/h1-3,5H,4H2. The highest BCUT2D eigenvalue weighted by molar-refractivity contribution is 6.52. The second-order valence-corrected chi connectivity index (χ2v) is 1.96. The Kier molecular flexibility index (Phi) is 0.859. The lowest BCUT2D eigenvalue weighted by Gasteiger charge is -1.99. The molecule has 2 heterocycles. The Labute approximate surface area is 53.3 Å². The summed E-state index contributed by atoms with van der Waals surface area (Å²) in [5.74, 6) is 0. The summed E-state index contributed by atoms with van der Waals surface area (Å²) in [6, 6.07) is 0. The van der Waals surface area contributed by atoms with Crippen LogP contribution in [0.25, 0.3) is 0 Å². The van der Waals surface area contributed by atoms with Crippen LogP contribution < -0.4 is 0 Å². The maximum atomic E-state index is 4.20. The molecule has 2 heteroatoms. The van der Waals surface area contributed by atoms with Crippen LogP contribution in [0.1, 0.15) is 0 Å². The molecule has 2 aliphatic heterocycles. The van der Waals surface area contributed by atoms with Gasteiger partial charge in [0.15, 0.2) is 0 Å². The van der Waals surface area contributed by atoms with Crippen LogP contribution in [0.2, 0.25) is 0 Å². The second kappa shape index (κ2) is 1.65. The van der Waals surface area contributed by atoms with Gasteiger partial charge in [0, 0.05) is 6.20 Å². The Balaban J connectivity index is 2.46. The SMILES string of the molecule is C1=CC2=NC=CC2=NC1. The maximum Gasteiger partial charge on any atom is 0.0879 e. The molecule has 0 spiro atoms. The third-order valence-electron chi connectivity index (χ3n) is 1.35. The molecule has 0 saturated heterocycles. The van der Waals surface area contributed by atoms with E-state index < -0.39 is 0 Å². The van der Waals surface area contributed by atoms with Gasteiger partial charge in [-0.05, 0) is 12.2 Å². The number of fused-ring (bicyclic) bond motifs is 1. The highest BCUT2D eigenvalue weighted by atomic mass is 14.8. The molecule has 0 aliphatic carbocycles. The van der Waals surface area contributed by atoms with Crippen molar-refractivity contribution < 1.29 is 0 Å². The van der Waals surface area contributed by atoms with E-state index in [9.17, 15) is 0 Å². The molecule has 2 nitrogen and oxygen atoms in total. The fraction of sp³-hybridized carbons (Fsp3) is 0.143. The van der Waals surface area contributed by atoms with Gasteiger partial charge in [-0.3, -0.25) is 9.98 Å². The van der Waals surface area contributed by atoms with Gasteiger partial charge in [0.05, 0.1) is 18.0 Å². The van der Waals surface area contributed by atoms with Gasteiger partial charge in [-0.15, -0.1) is 0 Å². The molecule has 0 fully saturated rings. The number of hydrogen-bond acceptors (Lipinski definition) is 2. The highest BCUT2D eigenvalue weighted by Gasteiger charge is 2.07. The molecule has 0 amide bonds. The van der Waals surface area contributed by atoms with Crippen molar-refractivity contribution in [3.8, 4) is 0 Å². The van der Waals surface area contributed by atoms with Gasteiger partial charge in [-0.25, -0.2) is 0 Å². The third-order valence-corrected chi connectivity index (χ3v) is 1.35. The normalized spacial score (nSPS) is 21.3. The van der Waals surface area contributed by atoms with Gasteiger partial charge >= 0.3 is 0 Å². The van der Waals surface area contributed by atoms with Crippen LogP contribution >= 0.6 is 0 Å². The van der Waals surface area contributed by atoms with Gasteiger partial charge in [-0.1, -0.05) is 6.08 Å². The molecule has 0 bridgehead atoms. The molecule has 0 N–H and O–H groups in total.